The van der Waals surface area contributed by atoms with Crippen LogP contribution in [0.15, 0.2) is 4.42 Å². The molecular weight excluding hydrogens is 941 g/mol. The van der Waals surface area contributed by atoms with Gasteiger partial charge in [0.15, 0.2) is 0 Å². The van der Waals surface area contributed by atoms with Crippen LogP contribution in [-0.4, -0.2) is 235 Å². The Balaban J connectivity index is 1.37. The van der Waals surface area contributed by atoms with Gasteiger partial charge in [-0.25, -0.2) is 0 Å². The minimum Gasteiger partial charge on any atom is -0.457 e. The Kier molecular flexibility index (Phi) is 13.9. The first-order valence-corrected chi connectivity index (χ1v) is 30.2. The quantitative estimate of drug-likeness (QED) is 0.0977. The zero-order valence-electron chi connectivity index (χ0n) is 55.4. The van der Waals surface area contributed by atoms with Crippen LogP contribution in [0.4, 0.5) is 0 Å². The normalized spacial score (nSPS) is 12.0. The number of furan rings is 1. The van der Waals surface area contributed by atoms with E-state index in [0.29, 0.717) is 0 Å². The lowest BCUT2D eigenvalue weighted by atomic mass is 9.55. The predicted octanol–water partition coefficient (Wildman–Crippen LogP) is -37.9. The molecule has 0 N–H and O–H groups in total. The molecule has 1 nitrogen and oxygen atoms in total. The van der Waals surface area contributed by atoms with Crippen molar-refractivity contribution in [1.29, 1.82) is 0 Å². The van der Waals surface area contributed by atoms with Gasteiger partial charge < -0.3 is 4.42 Å². The summed E-state index contributed by atoms with van der Waals surface area (Å²) in [4.78, 5) is 0. The molecule has 11 aromatic rings. The van der Waals surface area contributed by atoms with Crippen molar-refractivity contribution < 1.29 is 4.42 Å². The lowest BCUT2D eigenvalue weighted by Gasteiger charge is -2.32. The second-order valence-electron chi connectivity index (χ2n) is 26.3. The summed E-state index contributed by atoms with van der Waals surface area (Å²) in [6, 6.07) is 0. The molecule has 0 aliphatic carbocycles. The summed E-state index contributed by atoms with van der Waals surface area (Å²) < 4.78 is 7.31. The van der Waals surface area contributed by atoms with Gasteiger partial charge in [0, 0.05) is 10.8 Å². The molecule has 10 aromatic carbocycles. The molecule has 356 valence electrons. The maximum absolute atomic E-state index is 7.31. The molecule has 1 heterocycles. The minimum atomic E-state index is 1.03. The summed E-state index contributed by atoms with van der Waals surface area (Å²) in [6.07, 6.45) is 0. The third kappa shape index (κ3) is 7.30. The molecule has 0 saturated heterocycles. The largest absolute Gasteiger partial charge is 0.457 e. The second kappa shape index (κ2) is 19.4. The Hall–Kier alpha value is -4.75. The van der Waals surface area contributed by atoms with Crippen molar-refractivity contribution in [2.75, 3.05) is 0 Å². The predicted molar refractivity (Wildman–Crippen MR) is 463 cm³/mol. The van der Waals surface area contributed by atoms with E-state index in [1.54, 1.807) is 0 Å². The molecule has 0 amide bonds. The Morgan fingerprint density at radius 1 is 0.111 bits per heavy atom. The molecule has 0 saturated carbocycles. The first-order chi connectivity index (χ1) is 37.8. The molecule has 11 rings (SSSR count). The Morgan fingerprint density at radius 3 is 0.691 bits per heavy atom. The van der Waals surface area contributed by atoms with E-state index in [0.717, 1.165) is 11.2 Å². The van der Waals surface area contributed by atoms with Crippen molar-refractivity contribution in [3.05, 3.63) is 0 Å². The molecule has 81 heavy (non-hydrogen) atoms. The molecule has 0 atom stereocenters. The summed E-state index contributed by atoms with van der Waals surface area (Å²) in [6.45, 7) is 0. The van der Waals surface area contributed by atoms with Crippen LogP contribution in [-0.2, 0) is 0 Å². The van der Waals surface area contributed by atoms with Gasteiger partial charge in [0.1, 0.15) is 247 Å². The zero-order chi connectivity index (χ0) is 59.6. The minimum absolute atomic E-state index is 1.03. The molecule has 0 fully saturated rings. The van der Waals surface area contributed by atoms with Gasteiger partial charge in [-0.15, -0.1) is 49.2 Å². The van der Waals surface area contributed by atoms with E-state index in [4.69, 9.17) is 4.42 Å². The first kappa shape index (κ1) is 58.0. The number of hydrogen-bond acceptors (Lipinski definition) is 1. The van der Waals surface area contributed by atoms with Crippen LogP contribution < -0.4 is 164 Å². The van der Waals surface area contributed by atoms with Crippen LogP contribution in [0.25, 0.3) is 109 Å². The number of benzene rings is 10. The van der Waals surface area contributed by atoms with Crippen molar-refractivity contribution in [3.8, 4) is 33.4 Å². The van der Waals surface area contributed by atoms with E-state index in [1.807, 2.05) is 0 Å². The SMILES string of the molecule is Bc1c(B)c(-c2c(B)c(B)c(B)c3c(B)c(B)c4c(B)c(B)c(B)c(B)c4c23)c(B)c(B)c1-c1c2c(B)c(B)c(B)c(B)c2c(-c2c(B)c(B)c3oc4c(B)c5c(B)c(B)c(B)c(B)c5c(B)c4c3c2B)c2c(B)c(B)c(B)c(B)c12. The Morgan fingerprint density at radius 2 is 0.321 bits per heavy atom. The Labute approximate surface area is 509 Å². The van der Waals surface area contributed by atoms with Crippen molar-refractivity contribution in [1.82, 2.24) is 0 Å². The number of rotatable bonds is 3. The highest BCUT2D eigenvalue weighted by Gasteiger charge is 2.32. The maximum Gasteiger partial charge on any atom is 0.145 e. The average Bonchev–Trinajstić information content (AvgIpc) is 2.31. The van der Waals surface area contributed by atoms with Crippen LogP contribution in [0.3, 0.4) is 0 Å². The van der Waals surface area contributed by atoms with Crippen molar-refractivity contribution in [2.45, 2.75) is 0 Å². The highest BCUT2D eigenvalue weighted by Crippen LogP contribution is 2.40. The van der Waals surface area contributed by atoms with E-state index < -0.39 is 0 Å². The van der Waals surface area contributed by atoms with Gasteiger partial charge in [0.2, 0.25) is 0 Å². The van der Waals surface area contributed by atoms with E-state index in [1.165, 1.54) is 262 Å². The highest BCUT2D eigenvalue weighted by atomic mass is 16.3. The van der Waals surface area contributed by atoms with Crippen LogP contribution in [0.1, 0.15) is 0 Å². The molecule has 0 aliphatic rings. The second-order valence-corrected chi connectivity index (χ2v) is 26.3. The van der Waals surface area contributed by atoms with Crippen LogP contribution >= 0.6 is 0 Å². The molecule has 1 aromatic heterocycles. The van der Waals surface area contributed by atoms with Gasteiger partial charge >= 0.3 is 0 Å². The van der Waals surface area contributed by atoms with Gasteiger partial charge in [0.25, 0.3) is 0 Å². The third-order valence-electron chi connectivity index (χ3n) is 23.5. The monoisotopic (exact) mass is 1010 g/mol. The topological polar surface area (TPSA) is 13.1 Å². The Bertz CT molecular complexity index is 4820. The lowest BCUT2D eigenvalue weighted by molar-refractivity contribution is 0.675. The van der Waals surface area contributed by atoms with Gasteiger partial charge in [-0.3, -0.25) is 0 Å². The smallest absolute Gasteiger partial charge is 0.145 e. The van der Waals surface area contributed by atoms with E-state index >= 15 is 0 Å². The molecule has 31 heteroatoms. The summed E-state index contributed by atoms with van der Waals surface area (Å²) in [5.74, 6) is 0. The first-order valence-electron chi connectivity index (χ1n) is 30.2. The molecule has 0 unspecified atom stereocenters. The molecule has 0 aliphatic heterocycles. The van der Waals surface area contributed by atoms with Crippen molar-refractivity contribution in [3.63, 3.8) is 0 Å². The lowest BCUT2D eigenvalue weighted by Crippen LogP contribution is -2.52. The molecule has 0 radical (unpaired) electrons. The fourth-order valence-electron chi connectivity index (χ4n) is 16.6. The standard InChI is InChI=1S/C50H60B30O/c51-19-10(37(69)48(80)50-18(19)17-20(52)15-16(38(70)49(17)81-50)36(68)47(79)46(78)35(15)67)1-4-6(23(55)42(74)40(72)21(4)53)2(7-5(1)22(54)41(73)43(75)24(7)56)11-27(59)30(62)13(31(63)28(11)60)8-3-9-14(34(66)45(77)44(76)26(9)58)32(64)29(61)12(3)33(65)39(71)25(8)57/h51-80H2. The van der Waals surface area contributed by atoms with Crippen molar-refractivity contribution >= 4 is 475 Å². The van der Waals surface area contributed by atoms with Gasteiger partial charge in [-0.2, -0.15) is 0 Å². The summed E-state index contributed by atoms with van der Waals surface area (Å²) in [7, 11) is 71.5. The molecule has 0 bridgehead atoms. The van der Waals surface area contributed by atoms with E-state index in [-0.39, 0.29) is 0 Å². The average molecular weight is 1000 g/mol. The maximum atomic E-state index is 7.31. The molecule has 0 spiro atoms. The number of fused-ring (bicyclic) bond motifs is 9. The molecular formula is C50H60B30O. The zero-order valence-corrected chi connectivity index (χ0v) is 55.4. The highest BCUT2D eigenvalue weighted by molar-refractivity contribution is 6.79. The fourth-order valence-corrected chi connectivity index (χ4v) is 16.6. The van der Waals surface area contributed by atoms with Crippen LogP contribution in [0.2, 0.25) is 0 Å². The van der Waals surface area contributed by atoms with Crippen molar-refractivity contribution in [2.24, 2.45) is 0 Å². The van der Waals surface area contributed by atoms with Crippen LogP contribution in [0.5, 0.6) is 0 Å². The van der Waals surface area contributed by atoms with Gasteiger partial charge in [0.05, 0.1) is 0 Å². The van der Waals surface area contributed by atoms with Gasteiger partial charge in [-0.1, -0.05) is 109 Å². The summed E-state index contributed by atoms with van der Waals surface area (Å²) >= 11 is 0. The van der Waals surface area contributed by atoms with E-state index in [2.05, 4.69) is 235 Å². The third-order valence-corrected chi connectivity index (χ3v) is 23.5. The van der Waals surface area contributed by atoms with Gasteiger partial charge in [-0.05, 0) is 92.7 Å². The summed E-state index contributed by atoms with van der Waals surface area (Å²) in [5.41, 5.74) is 51.5. The number of hydrogen-bond donors (Lipinski definition) is 0. The summed E-state index contributed by atoms with van der Waals surface area (Å²) in [5, 5.41) is 16.6. The fraction of sp³-hybridized carbons (Fsp3) is 0. The van der Waals surface area contributed by atoms with E-state index in [9.17, 15) is 0 Å². The van der Waals surface area contributed by atoms with Crippen LogP contribution in [0, 0.1) is 0 Å².